The highest BCUT2D eigenvalue weighted by molar-refractivity contribution is 7.59. The fourth-order valence-electron chi connectivity index (χ4n) is 11.2. The second-order valence-electron chi connectivity index (χ2n) is 20.4. The third-order valence-corrected chi connectivity index (χ3v) is 14.5. The molecule has 14 nitrogen and oxygen atoms in total. The number of hydrazine groups is 1. The number of nitrogens with one attached hydrogen (secondary N) is 2. The number of benzene rings is 3. The number of likely N-dealkylation sites (tertiary alicyclic amines) is 2. The number of nitrogens with zero attached hydrogens (tertiary/aromatic N) is 4. The molecular formula is C54H76N6O8S4. The van der Waals surface area contributed by atoms with E-state index in [1.807, 2.05) is 19.9 Å². The summed E-state index contributed by atoms with van der Waals surface area (Å²) in [7, 11) is 1.71. The number of amides is 4. The van der Waals surface area contributed by atoms with Crippen molar-refractivity contribution >= 4 is 94.5 Å². The summed E-state index contributed by atoms with van der Waals surface area (Å²) in [5, 5.41) is 16.9. The number of hydrogen-bond donors (Lipinski definition) is 3. The molecule has 0 radical (unpaired) electrons. The molecule has 3 aromatic carbocycles. The van der Waals surface area contributed by atoms with Crippen molar-refractivity contribution in [2.45, 2.75) is 111 Å². The number of aryl methyl sites for hydroxylation is 1. The van der Waals surface area contributed by atoms with Crippen LogP contribution in [0, 0.1) is 16.7 Å². The Morgan fingerprint density at radius 1 is 0.972 bits per heavy atom. The molecule has 4 atom stereocenters. The molecule has 3 N–H and O–H groups in total. The quantitative estimate of drug-likeness (QED) is 0.112. The number of hydrogen-bond acceptors (Lipinski definition) is 9. The topological polar surface area (TPSA) is 163 Å². The van der Waals surface area contributed by atoms with E-state index in [1.165, 1.54) is 16.6 Å². The number of piperidine rings is 1. The Labute approximate surface area is 452 Å². The highest BCUT2D eigenvalue weighted by Gasteiger charge is 2.52. The van der Waals surface area contributed by atoms with Gasteiger partial charge < -0.3 is 34.3 Å². The van der Waals surface area contributed by atoms with Gasteiger partial charge in [-0.15, -0.1) is 0 Å². The average molecular weight is 1070 g/mol. The van der Waals surface area contributed by atoms with Gasteiger partial charge in [0.2, 0.25) is 17.7 Å². The number of carbonyl (C=O) groups excluding carboxylic acids is 5. The molecule has 3 saturated heterocycles. The smallest absolute Gasteiger partial charge is 0.324 e. The summed E-state index contributed by atoms with van der Waals surface area (Å²) in [4.78, 5) is 74.0. The summed E-state index contributed by atoms with van der Waals surface area (Å²) >= 11 is 0. The second-order valence-corrected chi connectivity index (χ2v) is 20.4. The first-order valence-corrected chi connectivity index (χ1v) is 24.4. The number of cyclic esters (lactones) is 1. The van der Waals surface area contributed by atoms with E-state index in [-0.39, 0.29) is 104 Å². The first-order valence-electron chi connectivity index (χ1n) is 24.4. The molecule has 4 aromatic rings. The van der Waals surface area contributed by atoms with Crippen LogP contribution in [-0.2, 0) is 59.3 Å². The Hall–Kier alpha value is -4.59. The fourth-order valence-corrected chi connectivity index (χ4v) is 11.2. The zero-order valence-electron chi connectivity index (χ0n) is 42.6. The van der Waals surface area contributed by atoms with E-state index < -0.39 is 46.7 Å². The van der Waals surface area contributed by atoms with Crippen molar-refractivity contribution in [2.75, 3.05) is 46.5 Å². The van der Waals surface area contributed by atoms with E-state index in [0.29, 0.717) is 70.3 Å². The lowest BCUT2D eigenvalue weighted by atomic mass is 9.77. The summed E-state index contributed by atoms with van der Waals surface area (Å²) in [6.07, 6.45) is 5.35. The van der Waals surface area contributed by atoms with Gasteiger partial charge in [0.25, 0.3) is 5.91 Å². The van der Waals surface area contributed by atoms with Gasteiger partial charge in [0.1, 0.15) is 23.9 Å². The molecule has 5 heterocycles. The van der Waals surface area contributed by atoms with Gasteiger partial charge in [0, 0.05) is 68.1 Å². The van der Waals surface area contributed by atoms with E-state index >= 15 is 0 Å². The lowest BCUT2D eigenvalue weighted by Gasteiger charge is -2.44. The SMILES string of the molecule is C=CC(=O)N1CC[C@@]2(CCCN([C@H](C(=O)N[C@H]3Cc4cc(O)cc(c4)-c4ccc5c(c4)c(c(-c4ccccc4CCOC)n5CC)CC(C)(C)COC(=O)[C@@H]4CCCN(N4)C3=O)C(C)C)C2=O)C1.S.S.S.S. The summed E-state index contributed by atoms with van der Waals surface area (Å²) < 4.78 is 14.0. The van der Waals surface area contributed by atoms with Gasteiger partial charge in [-0.2, -0.15) is 54.0 Å². The average Bonchev–Trinajstić information content (AvgIpc) is 3.89. The minimum absolute atomic E-state index is 0. The molecule has 3 fully saturated rings. The molecule has 394 valence electrons. The van der Waals surface area contributed by atoms with Crippen LogP contribution in [0.25, 0.3) is 33.3 Å². The molecule has 0 unspecified atom stereocenters. The first kappa shape index (κ1) is 60.0. The summed E-state index contributed by atoms with van der Waals surface area (Å²) in [5.74, 6) is -2.08. The van der Waals surface area contributed by atoms with Crippen LogP contribution in [-0.4, -0.2) is 119 Å². The van der Waals surface area contributed by atoms with Gasteiger partial charge in [0.05, 0.1) is 24.3 Å². The Morgan fingerprint density at radius 3 is 2.43 bits per heavy atom. The Kier molecular flexibility index (Phi) is 20.9. The number of aromatic nitrogens is 1. The van der Waals surface area contributed by atoms with Gasteiger partial charge in [-0.3, -0.25) is 29.0 Å². The third-order valence-electron chi connectivity index (χ3n) is 14.5. The van der Waals surface area contributed by atoms with E-state index in [0.717, 1.165) is 45.3 Å². The number of carbonyl (C=O) groups is 5. The number of ether oxygens (including phenoxy) is 2. The first-order chi connectivity index (χ1) is 32.6. The molecule has 4 aliphatic heterocycles. The van der Waals surface area contributed by atoms with Crippen molar-refractivity contribution in [3.8, 4) is 28.1 Å². The molecule has 4 amide bonds. The van der Waals surface area contributed by atoms with Crippen LogP contribution in [0.4, 0.5) is 0 Å². The standard InChI is InChI=1S/C54H68N6O8.4H2S/c1-8-46(62)57-24-21-54(32-57)20-13-22-59(52(54)66)47(34(3)4)49(63)55-44-28-35-26-38(29-39(61)27-35)37-17-18-45-41(30-37)42(48(58(45)9-2)40-15-11-10-14-36(40)19-25-67-7)31-53(5,6)33-68-51(65)43-16-12-23-60(56-43)50(44)64;;;;/h8,10-11,14-15,17-18,26-27,29-30,34,43-44,47,56,61H,1,9,12-13,16,19-25,28,31-33H2,2-7H3,(H,55,63);4*1H2/t43-,44-,47-,54-;;;;/m0..../s1. The van der Waals surface area contributed by atoms with Crippen LogP contribution in [0.5, 0.6) is 5.75 Å². The normalized spacial score (nSPS) is 21.4. The fraction of sp³-hybridized carbons (Fsp3) is 0.500. The maximum absolute atomic E-state index is 14.8. The number of esters is 1. The zero-order chi connectivity index (χ0) is 48.5. The van der Waals surface area contributed by atoms with E-state index in [4.69, 9.17) is 9.47 Å². The van der Waals surface area contributed by atoms with Crippen LogP contribution in [0.2, 0.25) is 0 Å². The predicted octanol–water partition coefficient (Wildman–Crippen LogP) is 7.04. The second kappa shape index (κ2) is 25.1. The maximum Gasteiger partial charge on any atom is 0.324 e. The van der Waals surface area contributed by atoms with Crippen LogP contribution in [0.1, 0.15) is 83.4 Å². The molecule has 0 saturated carbocycles. The van der Waals surface area contributed by atoms with Crippen LogP contribution < -0.4 is 10.7 Å². The van der Waals surface area contributed by atoms with Crippen molar-refractivity contribution in [3.05, 3.63) is 90.0 Å². The van der Waals surface area contributed by atoms with Crippen molar-refractivity contribution in [2.24, 2.45) is 16.7 Å². The number of methoxy groups -OCH3 is 1. The molecular weight excluding hydrogens is 989 g/mol. The predicted molar refractivity (Wildman–Crippen MR) is 303 cm³/mol. The lowest BCUT2D eigenvalue weighted by molar-refractivity contribution is -0.156. The minimum atomic E-state index is -1.15. The summed E-state index contributed by atoms with van der Waals surface area (Å²) in [6, 6.07) is 17.2. The Morgan fingerprint density at radius 2 is 1.72 bits per heavy atom. The van der Waals surface area contributed by atoms with Crippen LogP contribution >= 0.6 is 54.0 Å². The highest BCUT2D eigenvalue weighted by Crippen LogP contribution is 2.43. The lowest BCUT2D eigenvalue weighted by Crippen LogP contribution is -2.63. The monoisotopic (exact) mass is 1060 g/mol. The summed E-state index contributed by atoms with van der Waals surface area (Å²) in [6.45, 7) is 16.5. The largest absolute Gasteiger partial charge is 0.508 e. The molecule has 8 rings (SSSR count). The Balaban J connectivity index is 0.00000281. The molecule has 1 aromatic heterocycles. The molecule has 6 bridgehead atoms. The zero-order valence-corrected chi connectivity index (χ0v) is 46.6. The van der Waals surface area contributed by atoms with Gasteiger partial charge in [-0.1, -0.05) is 70.7 Å². The van der Waals surface area contributed by atoms with Gasteiger partial charge in [-0.25, -0.2) is 5.43 Å². The summed E-state index contributed by atoms with van der Waals surface area (Å²) in [5.41, 5.74) is 9.63. The van der Waals surface area contributed by atoms with Crippen molar-refractivity contribution in [1.29, 1.82) is 0 Å². The maximum atomic E-state index is 14.8. The third kappa shape index (κ3) is 12.3. The number of aromatic hydroxyl groups is 1. The molecule has 1 spiro atoms. The number of rotatable bonds is 10. The molecule has 0 aliphatic carbocycles. The van der Waals surface area contributed by atoms with Crippen molar-refractivity contribution < 1.29 is 38.6 Å². The van der Waals surface area contributed by atoms with E-state index in [1.54, 1.807) is 29.0 Å². The van der Waals surface area contributed by atoms with E-state index in [9.17, 15) is 29.1 Å². The van der Waals surface area contributed by atoms with Gasteiger partial charge >= 0.3 is 5.97 Å². The van der Waals surface area contributed by atoms with Gasteiger partial charge in [0.15, 0.2) is 0 Å². The van der Waals surface area contributed by atoms with E-state index in [2.05, 4.69) is 85.1 Å². The van der Waals surface area contributed by atoms with Crippen LogP contribution in [0.3, 0.4) is 0 Å². The minimum Gasteiger partial charge on any atom is -0.508 e. The Bertz CT molecular complexity index is 2620. The number of phenols is 1. The number of fused-ring (bicyclic) bond motifs is 6. The van der Waals surface area contributed by atoms with Crippen LogP contribution in [0.15, 0.2) is 73.3 Å². The van der Waals surface area contributed by atoms with Gasteiger partial charge in [-0.05, 0) is 116 Å². The van der Waals surface area contributed by atoms with Crippen molar-refractivity contribution in [1.82, 2.24) is 30.1 Å². The molecule has 4 aliphatic rings. The van der Waals surface area contributed by atoms with Crippen molar-refractivity contribution in [3.63, 3.8) is 0 Å². The molecule has 72 heavy (non-hydrogen) atoms. The molecule has 18 heteroatoms. The highest BCUT2D eigenvalue weighted by atomic mass is 32.1. The number of phenolic OH excluding ortho intramolecular Hbond substituents is 1.